The average molecular weight is 300 g/mol. The molecule has 0 unspecified atom stereocenters. The standard InChI is InChI=1S/C12H15Cl2N5/c1-12(2,3)15-7-11-16-17-18-19(11)10-5-8(13)4-9(14)6-10/h4-6,15H,7H2,1-3H3. The number of nitrogens with one attached hydrogen (secondary N) is 1. The van der Waals surface area contributed by atoms with Crippen LogP contribution in [-0.2, 0) is 6.54 Å². The zero-order valence-electron chi connectivity index (χ0n) is 11.0. The van der Waals surface area contributed by atoms with E-state index in [1.165, 1.54) is 0 Å². The molecule has 1 aromatic carbocycles. The number of rotatable bonds is 3. The van der Waals surface area contributed by atoms with Crippen LogP contribution >= 0.6 is 23.2 Å². The third-order valence-corrected chi connectivity index (χ3v) is 2.84. The highest BCUT2D eigenvalue weighted by molar-refractivity contribution is 6.34. The fourth-order valence-corrected chi connectivity index (χ4v) is 2.04. The fraction of sp³-hybridized carbons (Fsp3) is 0.417. The van der Waals surface area contributed by atoms with Crippen LogP contribution in [0.25, 0.3) is 5.69 Å². The minimum absolute atomic E-state index is 0.0112. The topological polar surface area (TPSA) is 55.6 Å². The number of nitrogens with zero attached hydrogens (tertiary/aromatic N) is 4. The first-order chi connectivity index (χ1) is 8.85. The molecule has 1 N–H and O–H groups in total. The highest BCUT2D eigenvalue weighted by Crippen LogP contribution is 2.21. The van der Waals surface area contributed by atoms with Crippen molar-refractivity contribution in [2.24, 2.45) is 0 Å². The van der Waals surface area contributed by atoms with Gasteiger partial charge in [-0.1, -0.05) is 23.2 Å². The maximum absolute atomic E-state index is 5.99. The first kappa shape index (κ1) is 14.2. The Morgan fingerprint density at radius 1 is 1.16 bits per heavy atom. The van der Waals surface area contributed by atoms with E-state index in [1.54, 1.807) is 22.9 Å². The van der Waals surface area contributed by atoms with Crippen molar-refractivity contribution >= 4 is 23.2 Å². The van der Waals surface area contributed by atoms with Crippen molar-refractivity contribution in [2.45, 2.75) is 32.9 Å². The number of hydrogen-bond acceptors (Lipinski definition) is 4. The summed E-state index contributed by atoms with van der Waals surface area (Å²) in [6.45, 7) is 6.80. The molecule has 0 aliphatic carbocycles. The summed E-state index contributed by atoms with van der Waals surface area (Å²) in [7, 11) is 0. The normalized spacial score (nSPS) is 11.8. The second-order valence-electron chi connectivity index (χ2n) is 5.24. The molecule has 0 amide bonds. The van der Waals surface area contributed by atoms with E-state index in [2.05, 4.69) is 41.6 Å². The van der Waals surface area contributed by atoms with E-state index in [0.717, 1.165) is 5.69 Å². The first-order valence-electron chi connectivity index (χ1n) is 5.84. The van der Waals surface area contributed by atoms with Crippen LogP contribution in [0.4, 0.5) is 0 Å². The molecule has 0 spiro atoms. The molecule has 0 aliphatic heterocycles. The molecule has 5 nitrogen and oxygen atoms in total. The molecule has 0 fully saturated rings. The van der Waals surface area contributed by atoms with Gasteiger partial charge < -0.3 is 5.32 Å². The summed E-state index contributed by atoms with van der Waals surface area (Å²) in [6, 6.07) is 5.21. The predicted octanol–water partition coefficient (Wildman–Crippen LogP) is 2.86. The minimum atomic E-state index is -0.0112. The summed E-state index contributed by atoms with van der Waals surface area (Å²) >= 11 is 12.0. The second-order valence-corrected chi connectivity index (χ2v) is 6.11. The number of hydrogen-bond donors (Lipinski definition) is 1. The largest absolute Gasteiger partial charge is 0.305 e. The lowest BCUT2D eigenvalue weighted by molar-refractivity contribution is 0.415. The number of tetrazole rings is 1. The summed E-state index contributed by atoms with van der Waals surface area (Å²) in [5, 5.41) is 16.1. The van der Waals surface area contributed by atoms with Crippen LogP contribution in [0.1, 0.15) is 26.6 Å². The van der Waals surface area contributed by atoms with Crippen LogP contribution in [0.5, 0.6) is 0 Å². The zero-order valence-corrected chi connectivity index (χ0v) is 12.5. The van der Waals surface area contributed by atoms with Gasteiger partial charge in [0.2, 0.25) is 0 Å². The molecular weight excluding hydrogens is 285 g/mol. The SMILES string of the molecule is CC(C)(C)NCc1nnnn1-c1cc(Cl)cc(Cl)c1. The highest BCUT2D eigenvalue weighted by Gasteiger charge is 2.14. The van der Waals surface area contributed by atoms with Crippen molar-refractivity contribution in [2.75, 3.05) is 0 Å². The fourth-order valence-electron chi connectivity index (χ4n) is 1.52. The van der Waals surface area contributed by atoms with Gasteiger partial charge in [-0.2, -0.15) is 4.68 Å². The monoisotopic (exact) mass is 299 g/mol. The zero-order chi connectivity index (χ0) is 14.0. The van der Waals surface area contributed by atoms with E-state index in [9.17, 15) is 0 Å². The third kappa shape index (κ3) is 3.89. The van der Waals surface area contributed by atoms with E-state index in [4.69, 9.17) is 23.2 Å². The van der Waals surface area contributed by atoms with Crippen molar-refractivity contribution in [3.8, 4) is 5.69 Å². The van der Waals surface area contributed by atoms with Crippen molar-refractivity contribution in [1.82, 2.24) is 25.5 Å². The number of benzene rings is 1. The first-order valence-corrected chi connectivity index (χ1v) is 6.59. The van der Waals surface area contributed by atoms with E-state index in [-0.39, 0.29) is 5.54 Å². The lowest BCUT2D eigenvalue weighted by atomic mass is 10.1. The summed E-state index contributed by atoms with van der Waals surface area (Å²) in [5.41, 5.74) is 0.733. The van der Waals surface area contributed by atoms with Gasteiger partial charge in [-0.3, -0.25) is 0 Å². The predicted molar refractivity (Wildman–Crippen MR) is 75.8 cm³/mol. The lowest BCUT2D eigenvalue weighted by Crippen LogP contribution is -2.35. The van der Waals surface area contributed by atoms with Gasteiger partial charge in [0.25, 0.3) is 0 Å². The second kappa shape index (κ2) is 5.45. The van der Waals surface area contributed by atoms with Crippen molar-refractivity contribution in [1.29, 1.82) is 0 Å². The van der Waals surface area contributed by atoms with E-state index in [0.29, 0.717) is 22.4 Å². The van der Waals surface area contributed by atoms with E-state index < -0.39 is 0 Å². The lowest BCUT2D eigenvalue weighted by Gasteiger charge is -2.19. The Hall–Kier alpha value is -1.17. The molecule has 0 aliphatic rings. The summed E-state index contributed by atoms with van der Waals surface area (Å²) in [5.74, 6) is 0.702. The Morgan fingerprint density at radius 2 is 1.79 bits per heavy atom. The van der Waals surface area contributed by atoms with Crippen LogP contribution in [0, 0.1) is 0 Å². The molecule has 19 heavy (non-hydrogen) atoms. The summed E-state index contributed by atoms with van der Waals surface area (Å²) in [6.07, 6.45) is 0. The Labute approximate surface area is 121 Å². The molecule has 1 heterocycles. The van der Waals surface area contributed by atoms with Gasteiger partial charge in [-0.05, 0) is 49.4 Å². The molecule has 0 saturated heterocycles. The molecule has 7 heteroatoms. The van der Waals surface area contributed by atoms with Gasteiger partial charge in [0.15, 0.2) is 5.82 Å². The molecule has 0 bridgehead atoms. The average Bonchev–Trinajstić information content (AvgIpc) is 2.72. The molecule has 2 aromatic rings. The third-order valence-electron chi connectivity index (χ3n) is 2.40. The van der Waals surface area contributed by atoms with Crippen LogP contribution in [-0.4, -0.2) is 25.7 Å². The van der Waals surface area contributed by atoms with Crippen molar-refractivity contribution in [3.63, 3.8) is 0 Å². The molecule has 102 valence electrons. The minimum Gasteiger partial charge on any atom is -0.305 e. The molecule has 0 saturated carbocycles. The maximum Gasteiger partial charge on any atom is 0.170 e. The molecule has 2 rings (SSSR count). The number of aromatic nitrogens is 4. The molecule has 0 radical (unpaired) electrons. The van der Waals surface area contributed by atoms with Crippen LogP contribution in [0.3, 0.4) is 0 Å². The Bertz CT molecular complexity index is 553. The van der Waals surface area contributed by atoms with E-state index in [1.807, 2.05) is 0 Å². The van der Waals surface area contributed by atoms with Crippen LogP contribution < -0.4 is 5.32 Å². The molecule has 0 atom stereocenters. The van der Waals surface area contributed by atoms with Gasteiger partial charge in [0, 0.05) is 15.6 Å². The molecular formula is C12H15Cl2N5. The van der Waals surface area contributed by atoms with Gasteiger partial charge in [-0.15, -0.1) is 5.10 Å². The van der Waals surface area contributed by atoms with Gasteiger partial charge in [0.05, 0.1) is 12.2 Å². The van der Waals surface area contributed by atoms with Gasteiger partial charge in [0.1, 0.15) is 0 Å². The Balaban J connectivity index is 2.28. The van der Waals surface area contributed by atoms with E-state index >= 15 is 0 Å². The molecule has 1 aromatic heterocycles. The summed E-state index contributed by atoms with van der Waals surface area (Å²) < 4.78 is 1.62. The Kier molecular flexibility index (Phi) is 4.08. The van der Waals surface area contributed by atoms with Crippen molar-refractivity contribution < 1.29 is 0 Å². The van der Waals surface area contributed by atoms with Gasteiger partial charge in [-0.25, -0.2) is 0 Å². The summed E-state index contributed by atoms with van der Waals surface area (Å²) in [4.78, 5) is 0. The maximum atomic E-state index is 5.99. The Morgan fingerprint density at radius 3 is 2.37 bits per heavy atom. The van der Waals surface area contributed by atoms with Crippen LogP contribution in [0.2, 0.25) is 10.0 Å². The van der Waals surface area contributed by atoms with Gasteiger partial charge >= 0.3 is 0 Å². The number of halogens is 2. The quantitative estimate of drug-likeness (QED) is 0.947. The smallest absolute Gasteiger partial charge is 0.170 e. The van der Waals surface area contributed by atoms with Crippen molar-refractivity contribution in [3.05, 3.63) is 34.1 Å². The highest BCUT2D eigenvalue weighted by atomic mass is 35.5. The van der Waals surface area contributed by atoms with Crippen LogP contribution in [0.15, 0.2) is 18.2 Å².